The number of benzene rings is 2. The van der Waals surface area contributed by atoms with Crippen molar-refractivity contribution in [3.8, 4) is 0 Å². The lowest BCUT2D eigenvalue weighted by Gasteiger charge is -2.14. The fourth-order valence-electron chi connectivity index (χ4n) is 2.38. The molecule has 0 radical (unpaired) electrons. The Bertz CT molecular complexity index is 795. The van der Waals surface area contributed by atoms with Gasteiger partial charge in [0.25, 0.3) is 11.8 Å². The number of aromatic carboxylic acids is 1. The highest BCUT2D eigenvalue weighted by Gasteiger charge is 2.37. The van der Waals surface area contributed by atoms with Crippen LogP contribution in [0.5, 0.6) is 0 Å². The summed E-state index contributed by atoms with van der Waals surface area (Å²) >= 11 is 0. The summed E-state index contributed by atoms with van der Waals surface area (Å²) in [5, 5.41) is 8.98. The Labute approximate surface area is 120 Å². The summed E-state index contributed by atoms with van der Waals surface area (Å²) in [6.07, 6.45) is 0. The molecule has 0 bridgehead atoms. The zero-order valence-electron chi connectivity index (χ0n) is 11.2. The molecule has 0 fully saturated rings. The molecular weight excluding hydrogens is 270 g/mol. The first-order chi connectivity index (χ1) is 9.99. The number of rotatable bonds is 2. The first-order valence-electron chi connectivity index (χ1n) is 6.32. The molecule has 1 aliphatic heterocycles. The number of aryl methyl sites for hydroxylation is 1. The van der Waals surface area contributed by atoms with Gasteiger partial charge in [0.2, 0.25) is 0 Å². The lowest BCUT2D eigenvalue weighted by molar-refractivity contribution is 0.0696. The summed E-state index contributed by atoms with van der Waals surface area (Å²) < 4.78 is 0. The smallest absolute Gasteiger partial charge is 0.335 e. The molecule has 0 saturated heterocycles. The molecule has 0 aliphatic carbocycles. The second kappa shape index (κ2) is 4.56. The maximum absolute atomic E-state index is 12.4. The van der Waals surface area contributed by atoms with Gasteiger partial charge < -0.3 is 5.11 Å². The van der Waals surface area contributed by atoms with E-state index in [2.05, 4.69) is 0 Å². The van der Waals surface area contributed by atoms with E-state index in [1.807, 2.05) is 13.0 Å². The van der Waals surface area contributed by atoms with Gasteiger partial charge >= 0.3 is 5.97 Å². The van der Waals surface area contributed by atoms with Crippen molar-refractivity contribution in [1.29, 1.82) is 0 Å². The Morgan fingerprint density at radius 2 is 1.71 bits per heavy atom. The molecule has 2 aromatic rings. The van der Waals surface area contributed by atoms with Crippen molar-refractivity contribution < 1.29 is 19.5 Å². The second-order valence-electron chi connectivity index (χ2n) is 4.85. The van der Waals surface area contributed by atoms with Crippen molar-refractivity contribution in [3.63, 3.8) is 0 Å². The van der Waals surface area contributed by atoms with Crippen LogP contribution < -0.4 is 4.90 Å². The van der Waals surface area contributed by atoms with Crippen molar-refractivity contribution in [2.24, 2.45) is 0 Å². The van der Waals surface area contributed by atoms with Gasteiger partial charge in [0.05, 0.1) is 22.4 Å². The fraction of sp³-hybridized carbons (Fsp3) is 0.0625. The Morgan fingerprint density at radius 1 is 1.00 bits per heavy atom. The molecular formula is C16H11NO4. The van der Waals surface area contributed by atoms with Gasteiger partial charge in [-0.3, -0.25) is 9.59 Å². The molecule has 0 aromatic heterocycles. The lowest BCUT2D eigenvalue weighted by Crippen LogP contribution is -2.29. The molecule has 104 valence electrons. The monoisotopic (exact) mass is 281 g/mol. The summed E-state index contributed by atoms with van der Waals surface area (Å²) in [6, 6.07) is 11.0. The number of anilines is 1. The SMILES string of the molecule is Cc1cccc(N2C(=O)c3ccc(C(=O)O)cc3C2=O)c1. The number of hydrogen-bond acceptors (Lipinski definition) is 3. The van der Waals surface area contributed by atoms with Crippen LogP contribution in [-0.4, -0.2) is 22.9 Å². The van der Waals surface area contributed by atoms with Gasteiger partial charge in [0.1, 0.15) is 0 Å². The quantitative estimate of drug-likeness (QED) is 0.858. The summed E-state index contributed by atoms with van der Waals surface area (Å²) in [5.41, 5.74) is 1.75. The number of fused-ring (bicyclic) bond motifs is 1. The minimum atomic E-state index is -1.13. The molecule has 0 atom stereocenters. The van der Waals surface area contributed by atoms with Crippen LogP contribution in [-0.2, 0) is 0 Å². The second-order valence-corrected chi connectivity index (χ2v) is 4.85. The highest BCUT2D eigenvalue weighted by atomic mass is 16.4. The van der Waals surface area contributed by atoms with Crippen LogP contribution in [0.3, 0.4) is 0 Å². The lowest BCUT2D eigenvalue weighted by atomic mass is 10.1. The van der Waals surface area contributed by atoms with Gasteiger partial charge in [-0.2, -0.15) is 0 Å². The molecule has 0 spiro atoms. The third-order valence-electron chi connectivity index (χ3n) is 3.39. The number of carbonyl (C=O) groups excluding carboxylic acids is 2. The maximum Gasteiger partial charge on any atom is 0.335 e. The van der Waals surface area contributed by atoms with Crippen molar-refractivity contribution in [3.05, 3.63) is 64.7 Å². The van der Waals surface area contributed by atoms with E-state index in [4.69, 9.17) is 5.11 Å². The maximum atomic E-state index is 12.4. The normalized spacial score (nSPS) is 13.5. The van der Waals surface area contributed by atoms with E-state index in [1.165, 1.54) is 18.2 Å². The van der Waals surface area contributed by atoms with E-state index in [-0.39, 0.29) is 16.7 Å². The fourth-order valence-corrected chi connectivity index (χ4v) is 2.38. The zero-order valence-corrected chi connectivity index (χ0v) is 11.2. The molecule has 1 aliphatic rings. The predicted octanol–water partition coefficient (Wildman–Crippen LogP) is 2.49. The van der Waals surface area contributed by atoms with E-state index in [1.54, 1.807) is 18.2 Å². The molecule has 2 amide bonds. The first kappa shape index (κ1) is 13.1. The highest BCUT2D eigenvalue weighted by molar-refractivity contribution is 6.34. The molecule has 5 nitrogen and oxygen atoms in total. The number of amides is 2. The number of carbonyl (C=O) groups is 3. The van der Waals surface area contributed by atoms with Crippen LogP contribution in [0.1, 0.15) is 36.6 Å². The van der Waals surface area contributed by atoms with E-state index < -0.39 is 17.8 Å². The highest BCUT2D eigenvalue weighted by Crippen LogP contribution is 2.29. The Morgan fingerprint density at radius 3 is 2.38 bits per heavy atom. The van der Waals surface area contributed by atoms with Crippen molar-refractivity contribution in [2.75, 3.05) is 4.90 Å². The van der Waals surface area contributed by atoms with E-state index in [9.17, 15) is 14.4 Å². The summed E-state index contributed by atoms with van der Waals surface area (Å²) in [7, 11) is 0. The Kier molecular flexibility index (Phi) is 2.83. The van der Waals surface area contributed by atoms with Crippen molar-refractivity contribution in [2.45, 2.75) is 6.92 Å². The molecule has 2 aromatic carbocycles. The Balaban J connectivity index is 2.10. The number of nitrogens with zero attached hydrogens (tertiary/aromatic N) is 1. The molecule has 5 heteroatoms. The van der Waals surface area contributed by atoms with Crippen molar-refractivity contribution in [1.82, 2.24) is 0 Å². The van der Waals surface area contributed by atoms with Crippen LogP contribution in [0.4, 0.5) is 5.69 Å². The number of hydrogen-bond donors (Lipinski definition) is 1. The number of imide groups is 1. The predicted molar refractivity (Wildman–Crippen MR) is 75.7 cm³/mol. The van der Waals surface area contributed by atoms with Crippen molar-refractivity contribution >= 4 is 23.5 Å². The molecule has 1 heterocycles. The number of carboxylic acid groups (broad SMARTS) is 1. The minimum Gasteiger partial charge on any atom is -0.478 e. The molecule has 21 heavy (non-hydrogen) atoms. The average molecular weight is 281 g/mol. The topological polar surface area (TPSA) is 74.7 Å². The van der Waals surface area contributed by atoms with Gasteiger partial charge in [-0.05, 0) is 42.8 Å². The van der Waals surface area contributed by atoms with E-state index in [0.717, 1.165) is 10.5 Å². The largest absolute Gasteiger partial charge is 0.478 e. The van der Waals surface area contributed by atoms with Gasteiger partial charge in [-0.15, -0.1) is 0 Å². The Hall–Kier alpha value is -2.95. The van der Waals surface area contributed by atoms with E-state index >= 15 is 0 Å². The van der Waals surface area contributed by atoms with Gasteiger partial charge in [-0.1, -0.05) is 12.1 Å². The molecule has 3 rings (SSSR count). The van der Waals surface area contributed by atoms with Crippen LogP contribution in [0.25, 0.3) is 0 Å². The summed E-state index contributed by atoms with van der Waals surface area (Å²) in [4.78, 5) is 36.8. The molecule has 1 N–H and O–H groups in total. The first-order valence-corrected chi connectivity index (χ1v) is 6.32. The average Bonchev–Trinajstić information content (AvgIpc) is 2.70. The van der Waals surface area contributed by atoms with Crippen LogP contribution >= 0.6 is 0 Å². The third-order valence-corrected chi connectivity index (χ3v) is 3.39. The summed E-state index contributed by atoms with van der Waals surface area (Å²) in [6.45, 7) is 1.87. The van der Waals surface area contributed by atoms with E-state index in [0.29, 0.717) is 5.69 Å². The van der Waals surface area contributed by atoms with Gasteiger partial charge in [0, 0.05) is 0 Å². The number of carboxylic acids is 1. The van der Waals surface area contributed by atoms with Gasteiger partial charge in [0.15, 0.2) is 0 Å². The summed E-state index contributed by atoms with van der Waals surface area (Å²) in [5.74, 6) is -2.06. The molecule has 0 saturated carbocycles. The standard InChI is InChI=1S/C16H11NO4/c1-9-3-2-4-11(7-9)17-14(18)12-6-5-10(16(20)21)8-13(12)15(17)19/h2-8H,1H3,(H,20,21). The third kappa shape index (κ3) is 1.99. The van der Waals surface area contributed by atoms with Crippen LogP contribution in [0.15, 0.2) is 42.5 Å². The van der Waals surface area contributed by atoms with Crippen LogP contribution in [0.2, 0.25) is 0 Å². The zero-order chi connectivity index (χ0) is 15.1. The van der Waals surface area contributed by atoms with Gasteiger partial charge in [-0.25, -0.2) is 9.69 Å². The minimum absolute atomic E-state index is 0.0130. The molecule has 0 unspecified atom stereocenters. The van der Waals surface area contributed by atoms with Crippen LogP contribution in [0, 0.1) is 6.92 Å².